The Kier molecular flexibility index (Phi) is 5.94. The summed E-state index contributed by atoms with van der Waals surface area (Å²) >= 11 is 0. The normalized spacial score (nSPS) is 10.3. The zero-order chi connectivity index (χ0) is 19.1. The van der Waals surface area contributed by atoms with E-state index in [0.29, 0.717) is 18.2 Å². The summed E-state index contributed by atoms with van der Waals surface area (Å²) in [6.07, 6.45) is 3.19. The molecule has 0 bridgehead atoms. The summed E-state index contributed by atoms with van der Waals surface area (Å²) in [7, 11) is 1.61. The molecule has 27 heavy (non-hydrogen) atoms. The number of pyridine rings is 1. The van der Waals surface area contributed by atoms with E-state index >= 15 is 0 Å². The molecule has 0 fully saturated rings. The first-order chi connectivity index (χ1) is 13.2. The summed E-state index contributed by atoms with van der Waals surface area (Å²) in [4.78, 5) is 25.3. The fourth-order valence-corrected chi connectivity index (χ4v) is 2.43. The van der Waals surface area contributed by atoms with Crippen molar-refractivity contribution in [1.29, 1.82) is 0 Å². The van der Waals surface area contributed by atoms with Gasteiger partial charge in [-0.3, -0.25) is 4.98 Å². The second kappa shape index (κ2) is 8.75. The molecule has 1 aromatic carbocycles. The molecule has 138 valence electrons. The minimum absolute atomic E-state index is 0.277. The highest BCUT2D eigenvalue weighted by atomic mass is 16.5. The molecule has 1 N–H and O–H groups in total. The number of ether oxygens (including phenoxy) is 2. The van der Waals surface area contributed by atoms with Gasteiger partial charge in [-0.2, -0.15) is 0 Å². The van der Waals surface area contributed by atoms with E-state index in [4.69, 9.17) is 9.47 Å². The highest BCUT2D eigenvalue weighted by Gasteiger charge is 2.16. The lowest BCUT2D eigenvalue weighted by Crippen LogP contribution is -2.13. The number of nitrogens with zero attached hydrogens (tertiary/aromatic N) is 3. The quantitative estimate of drug-likeness (QED) is 0.644. The van der Waals surface area contributed by atoms with Gasteiger partial charge in [-0.1, -0.05) is 6.07 Å². The molecule has 0 aliphatic carbocycles. The predicted molar refractivity (Wildman–Crippen MR) is 102 cm³/mol. The van der Waals surface area contributed by atoms with Crippen LogP contribution >= 0.6 is 0 Å². The molecule has 7 heteroatoms. The maximum atomic E-state index is 12.2. The Morgan fingerprint density at radius 2 is 1.93 bits per heavy atom. The monoisotopic (exact) mass is 364 g/mol. The molecule has 2 heterocycles. The Hall–Kier alpha value is -3.48. The second-order valence-corrected chi connectivity index (χ2v) is 5.58. The Morgan fingerprint density at radius 1 is 1.11 bits per heavy atom. The summed E-state index contributed by atoms with van der Waals surface area (Å²) in [5, 5.41) is 3.16. The lowest BCUT2D eigenvalue weighted by atomic mass is 10.2. The van der Waals surface area contributed by atoms with E-state index in [2.05, 4.69) is 20.3 Å². The Balaban J connectivity index is 1.91. The smallest absolute Gasteiger partial charge is 0.343 e. The lowest BCUT2D eigenvalue weighted by Gasteiger charge is -2.12. The summed E-state index contributed by atoms with van der Waals surface area (Å²) in [6.45, 7) is 2.45. The van der Waals surface area contributed by atoms with Gasteiger partial charge in [0.05, 0.1) is 26.0 Å². The van der Waals surface area contributed by atoms with Crippen LogP contribution in [-0.4, -0.2) is 34.6 Å². The van der Waals surface area contributed by atoms with E-state index in [1.807, 2.05) is 42.5 Å². The Morgan fingerprint density at radius 3 is 2.59 bits per heavy atom. The van der Waals surface area contributed by atoms with Crippen molar-refractivity contribution in [1.82, 2.24) is 15.0 Å². The molecule has 0 unspecified atom stereocenters. The molecule has 3 aromatic rings. The number of methoxy groups -OCH3 is 1. The van der Waals surface area contributed by atoms with Crippen LogP contribution in [0.25, 0.3) is 11.4 Å². The largest absolute Gasteiger partial charge is 0.497 e. The van der Waals surface area contributed by atoms with Gasteiger partial charge in [0.25, 0.3) is 0 Å². The number of aromatic nitrogens is 3. The van der Waals surface area contributed by atoms with Gasteiger partial charge in [0, 0.05) is 18.0 Å². The second-order valence-electron chi connectivity index (χ2n) is 5.58. The zero-order valence-corrected chi connectivity index (χ0v) is 15.2. The molecule has 0 radical (unpaired) electrons. The lowest BCUT2D eigenvalue weighted by molar-refractivity contribution is 0.0526. The van der Waals surface area contributed by atoms with Gasteiger partial charge in [-0.15, -0.1) is 0 Å². The van der Waals surface area contributed by atoms with Gasteiger partial charge in [-0.05, 0) is 43.3 Å². The molecule has 0 aliphatic rings. The molecule has 0 saturated heterocycles. The van der Waals surface area contributed by atoms with Crippen molar-refractivity contribution in [2.45, 2.75) is 13.5 Å². The summed E-state index contributed by atoms with van der Waals surface area (Å²) in [6, 6.07) is 13.0. The zero-order valence-electron chi connectivity index (χ0n) is 15.2. The molecule has 0 aliphatic heterocycles. The van der Waals surface area contributed by atoms with Crippen molar-refractivity contribution in [3.8, 4) is 17.1 Å². The molecule has 2 aromatic heterocycles. The molecular formula is C20H20N4O3. The SMILES string of the molecule is CCOC(=O)c1cnc(-c2ccc(OC)cc2)nc1NCc1ccccn1. The number of hydrogen-bond acceptors (Lipinski definition) is 7. The third kappa shape index (κ3) is 4.58. The number of esters is 1. The minimum Gasteiger partial charge on any atom is -0.497 e. The van der Waals surface area contributed by atoms with Crippen molar-refractivity contribution in [2.24, 2.45) is 0 Å². The van der Waals surface area contributed by atoms with Crippen LogP contribution in [0.1, 0.15) is 23.0 Å². The van der Waals surface area contributed by atoms with Crippen molar-refractivity contribution >= 4 is 11.8 Å². The first-order valence-electron chi connectivity index (χ1n) is 8.53. The van der Waals surface area contributed by atoms with Crippen LogP contribution in [0.5, 0.6) is 5.75 Å². The molecular weight excluding hydrogens is 344 g/mol. The van der Waals surface area contributed by atoms with Crippen LogP contribution in [0.4, 0.5) is 5.82 Å². The highest BCUT2D eigenvalue weighted by molar-refractivity contribution is 5.94. The Bertz CT molecular complexity index is 899. The van der Waals surface area contributed by atoms with E-state index in [0.717, 1.165) is 17.0 Å². The van der Waals surface area contributed by atoms with Crippen LogP contribution in [0.3, 0.4) is 0 Å². The van der Waals surface area contributed by atoms with Gasteiger partial charge in [0.2, 0.25) is 0 Å². The number of rotatable bonds is 7. The number of nitrogens with one attached hydrogen (secondary N) is 1. The van der Waals surface area contributed by atoms with E-state index in [9.17, 15) is 4.79 Å². The van der Waals surface area contributed by atoms with Gasteiger partial charge < -0.3 is 14.8 Å². The first kappa shape index (κ1) is 18.3. The first-order valence-corrected chi connectivity index (χ1v) is 8.53. The highest BCUT2D eigenvalue weighted by Crippen LogP contribution is 2.22. The standard InChI is InChI=1S/C20H20N4O3/c1-3-27-20(25)17-13-23-18(14-7-9-16(26-2)10-8-14)24-19(17)22-12-15-6-4-5-11-21-15/h4-11,13H,3,12H2,1-2H3,(H,22,23,24). The molecule has 3 rings (SSSR count). The van der Waals surface area contributed by atoms with Crippen molar-refractivity contribution in [3.63, 3.8) is 0 Å². The summed E-state index contributed by atoms with van der Waals surface area (Å²) in [5.41, 5.74) is 1.93. The van der Waals surface area contributed by atoms with Gasteiger partial charge in [0.1, 0.15) is 17.1 Å². The number of carbonyl (C=O) groups excluding carboxylic acids is 1. The van der Waals surface area contributed by atoms with Crippen molar-refractivity contribution in [3.05, 3.63) is 66.1 Å². The van der Waals surface area contributed by atoms with Crippen LogP contribution in [0, 0.1) is 0 Å². The van der Waals surface area contributed by atoms with E-state index in [-0.39, 0.29) is 12.2 Å². The predicted octanol–water partition coefficient (Wildman–Crippen LogP) is 3.34. The van der Waals surface area contributed by atoms with Crippen LogP contribution < -0.4 is 10.1 Å². The fraction of sp³-hybridized carbons (Fsp3) is 0.200. The third-order valence-electron chi connectivity index (χ3n) is 3.80. The maximum Gasteiger partial charge on any atom is 0.343 e. The third-order valence-corrected chi connectivity index (χ3v) is 3.80. The topological polar surface area (TPSA) is 86.2 Å². The molecule has 0 saturated carbocycles. The van der Waals surface area contributed by atoms with Gasteiger partial charge in [-0.25, -0.2) is 14.8 Å². The number of anilines is 1. The van der Waals surface area contributed by atoms with Crippen molar-refractivity contribution < 1.29 is 14.3 Å². The van der Waals surface area contributed by atoms with E-state index in [1.165, 1.54) is 6.20 Å². The summed E-state index contributed by atoms with van der Waals surface area (Å²) < 4.78 is 10.3. The average Bonchev–Trinajstić information content (AvgIpc) is 2.73. The molecule has 0 atom stereocenters. The molecule has 0 spiro atoms. The molecule has 0 amide bonds. The summed E-state index contributed by atoms with van der Waals surface area (Å²) in [5.74, 6) is 1.17. The number of hydrogen-bond donors (Lipinski definition) is 1. The average molecular weight is 364 g/mol. The van der Waals surface area contributed by atoms with Crippen molar-refractivity contribution in [2.75, 3.05) is 19.0 Å². The fourth-order valence-electron chi connectivity index (χ4n) is 2.43. The van der Waals surface area contributed by atoms with E-state index in [1.54, 1.807) is 20.2 Å². The van der Waals surface area contributed by atoms with Crippen LogP contribution in [0.2, 0.25) is 0 Å². The maximum absolute atomic E-state index is 12.2. The Labute approximate surface area is 157 Å². The number of carbonyl (C=O) groups is 1. The van der Waals surface area contributed by atoms with Gasteiger partial charge in [0.15, 0.2) is 5.82 Å². The number of benzene rings is 1. The minimum atomic E-state index is -0.470. The van der Waals surface area contributed by atoms with Gasteiger partial charge >= 0.3 is 5.97 Å². The van der Waals surface area contributed by atoms with Crippen LogP contribution in [0.15, 0.2) is 54.9 Å². The van der Waals surface area contributed by atoms with E-state index < -0.39 is 5.97 Å². The van der Waals surface area contributed by atoms with Crippen LogP contribution in [-0.2, 0) is 11.3 Å². The molecule has 7 nitrogen and oxygen atoms in total.